The van der Waals surface area contributed by atoms with Crippen LogP contribution in [0.1, 0.15) is 43.1 Å². The number of aliphatic hydroxyl groups is 1. The van der Waals surface area contributed by atoms with Gasteiger partial charge in [0, 0.05) is 20.8 Å². The maximum Gasteiger partial charge on any atom is 0.0957 e. The summed E-state index contributed by atoms with van der Waals surface area (Å²) >= 11 is 3.89. The quantitative estimate of drug-likeness (QED) is 0.796. The second-order valence-electron chi connectivity index (χ2n) is 5.65. The van der Waals surface area contributed by atoms with Crippen molar-refractivity contribution in [1.82, 2.24) is 4.98 Å². The zero-order valence-corrected chi connectivity index (χ0v) is 14.3. The van der Waals surface area contributed by atoms with Crippen molar-refractivity contribution >= 4 is 33.9 Å². The smallest absolute Gasteiger partial charge is 0.0957 e. The highest BCUT2D eigenvalue weighted by molar-refractivity contribution is 14.1. The molecule has 0 aliphatic heterocycles. The first-order valence-electron chi connectivity index (χ1n) is 6.24. The number of benzene rings is 1. The number of halogens is 1. The number of rotatable bonds is 3. The summed E-state index contributed by atoms with van der Waals surface area (Å²) in [5.41, 5.74) is 2.12. The van der Waals surface area contributed by atoms with Crippen molar-refractivity contribution in [2.45, 2.75) is 38.7 Å². The lowest BCUT2D eigenvalue weighted by Gasteiger charge is -2.14. The Morgan fingerprint density at radius 2 is 1.89 bits per heavy atom. The minimum absolute atomic E-state index is 0.0720. The maximum atomic E-state index is 10.2. The molecule has 4 heteroatoms. The maximum absolute atomic E-state index is 10.2. The standard InChI is InChI=1S/C15H18INOS/c1-15(2,3)13-9-19-14(17-13)8-12(18)10-4-6-11(16)7-5-10/h4-7,9,12,18H,8H2,1-3H3. The van der Waals surface area contributed by atoms with Gasteiger partial charge in [0.25, 0.3) is 0 Å². The molecule has 0 bridgehead atoms. The summed E-state index contributed by atoms with van der Waals surface area (Å²) in [5.74, 6) is 0. The van der Waals surface area contributed by atoms with Crippen LogP contribution in [0.4, 0.5) is 0 Å². The minimum atomic E-state index is -0.476. The van der Waals surface area contributed by atoms with Crippen molar-refractivity contribution < 1.29 is 5.11 Å². The SMILES string of the molecule is CC(C)(C)c1csc(CC(O)c2ccc(I)cc2)n1. The Morgan fingerprint density at radius 3 is 2.42 bits per heavy atom. The third-order valence-corrected chi connectivity index (χ3v) is 4.53. The molecule has 0 spiro atoms. The molecule has 0 fully saturated rings. The van der Waals surface area contributed by atoms with Crippen LogP contribution in [0.15, 0.2) is 29.6 Å². The van der Waals surface area contributed by atoms with E-state index >= 15 is 0 Å². The summed E-state index contributed by atoms with van der Waals surface area (Å²) in [7, 11) is 0. The molecule has 1 aromatic carbocycles. The van der Waals surface area contributed by atoms with E-state index in [4.69, 9.17) is 0 Å². The number of hydrogen-bond acceptors (Lipinski definition) is 3. The van der Waals surface area contributed by atoms with E-state index in [2.05, 4.69) is 53.7 Å². The Balaban J connectivity index is 2.08. The van der Waals surface area contributed by atoms with Crippen LogP contribution in [0.25, 0.3) is 0 Å². The molecule has 1 atom stereocenters. The predicted molar refractivity (Wildman–Crippen MR) is 88.6 cm³/mol. The Labute approximate surface area is 132 Å². The van der Waals surface area contributed by atoms with E-state index in [0.29, 0.717) is 6.42 Å². The molecule has 1 aromatic heterocycles. The lowest BCUT2D eigenvalue weighted by molar-refractivity contribution is 0.178. The molecule has 0 saturated carbocycles. The van der Waals surface area contributed by atoms with Crippen molar-refractivity contribution in [1.29, 1.82) is 0 Å². The summed E-state index contributed by atoms with van der Waals surface area (Å²) in [6.45, 7) is 6.46. The van der Waals surface area contributed by atoms with E-state index in [0.717, 1.165) is 16.3 Å². The number of hydrogen-bond donors (Lipinski definition) is 1. The van der Waals surface area contributed by atoms with Gasteiger partial charge in [-0.2, -0.15) is 0 Å². The fourth-order valence-electron chi connectivity index (χ4n) is 1.72. The van der Waals surface area contributed by atoms with E-state index in [1.54, 1.807) is 11.3 Å². The lowest BCUT2D eigenvalue weighted by Crippen LogP contribution is -2.12. The largest absolute Gasteiger partial charge is 0.388 e. The van der Waals surface area contributed by atoms with Gasteiger partial charge in [0.2, 0.25) is 0 Å². The summed E-state index contributed by atoms with van der Waals surface area (Å²) in [5, 5.41) is 13.3. The lowest BCUT2D eigenvalue weighted by atomic mass is 9.93. The van der Waals surface area contributed by atoms with Gasteiger partial charge in [-0.15, -0.1) is 11.3 Å². The van der Waals surface area contributed by atoms with Crippen LogP contribution in [-0.4, -0.2) is 10.1 Å². The third-order valence-electron chi connectivity index (χ3n) is 2.94. The van der Waals surface area contributed by atoms with Gasteiger partial charge >= 0.3 is 0 Å². The zero-order chi connectivity index (χ0) is 14.0. The number of aromatic nitrogens is 1. The molecule has 0 aliphatic carbocycles. The highest BCUT2D eigenvalue weighted by atomic mass is 127. The zero-order valence-electron chi connectivity index (χ0n) is 11.4. The molecule has 0 amide bonds. The van der Waals surface area contributed by atoms with Crippen LogP contribution < -0.4 is 0 Å². The van der Waals surface area contributed by atoms with Gasteiger partial charge in [0.15, 0.2) is 0 Å². The van der Waals surface area contributed by atoms with Crippen LogP contribution in [-0.2, 0) is 11.8 Å². The third kappa shape index (κ3) is 4.00. The fraction of sp³-hybridized carbons (Fsp3) is 0.400. The van der Waals surface area contributed by atoms with Crippen molar-refractivity contribution in [3.8, 4) is 0 Å². The predicted octanol–water partition coefficient (Wildman–Crippen LogP) is 4.32. The molecule has 2 rings (SSSR count). The van der Waals surface area contributed by atoms with Gasteiger partial charge in [0.1, 0.15) is 0 Å². The summed E-state index contributed by atoms with van der Waals surface area (Å²) in [6, 6.07) is 7.98. The van der Waals surface area contributed by atoms with Crippen molar-refractivity contribution in [2.24, 2.45) is 0 Å². The van der Waals surface area contributed by atoms with E-state index in [1.807, 2.05) is 24.3 Å². The molecule has 2 nitrogen and oxygen atoms in total. The monoisotopic (exact) mass is 387 g/mol. The van der Waals surface area contributed by atoms with Gasteiger partial charge in [-0.25, -0.2) is 4.98 Å². The molecule has 2 aromatic rings. The molecular formula is C15H18INOS. The highest BCUT2D eigenvalue weighted by Crippen LogP contribution is 2.26. The van der Waals surface area contributed by atoms with Crippen LogP contribution in [0.3, 0.4) is 0 Å². The minimum Gasteiger partial charge on any atom is -0.388 e. The van der Waals surface area contributed by atoms with Crippen LogP contribution >= 0.6 is 33.9 Å². The molecule has 0 saturated heterocycles. The van der Waals surface area contributed by atoms with Crippen LogP contribution in [0.5, 0.6) is 0 Å². The van der Waals surface area contributed by atoms with Crippen molar-refractivity contribution in [2.75, 3.05) is 0 Å². The molecule has 1 unspecified atom stereocenters. The number of thiazole rings is 1. The second kappa shape index (κ2) is 5.89. The van der Waals surface area contributed by atoms with Gasteiger partial charge in [0.05, 0.1) is 16.8 Å². The Morgan fingerprint density at radius 1 is 1.26 bits per heavy atom. The Bertz CT molecular complexity index is 542. The fourth-order valence-corrected chi connectivity index (χ4v) is 3.14. The first-order chi connectivity index (χ1) is 8.86. The van der Waals surface area contributed by atoms with Gasteiger partial charge < -0.3 is 5.11 Å². The van der Waals surface area contributed by atoms with Crippen molar-refractivity contribution in [3.63, 3.8) is 0 Å². The van der Waals surface area contributed by atoms with Crippen LogP contribution in [0, 0.1) is 3.57 Å². The molecule has 1 heterocycles. The second-order valence-corrected chi connectivity index (χ2v) is 7.84. The number of nitrogens with zero attached hydrogens (tertiary/aromatic N) is 1. The molecule has 1 N–H and O–H groups in total. The number of aliphatic hydroxyl groups excluding tert-OH is 1. The van der Waals surface area contributed by atoms with E-state index in [9.17, 15) is 5.11 Å². The average molecular weight is 387 g/mol. The Hall–Kier alpha value is -0.460. The summed E-state index contributed by atoms with van der Waals surface area (Å²) < 4.78 is 1.18. The normalized spacial score (nSPS) is 13.5. The van der Waals surface area contributed by atoms with E-state index in [-0.39, 0.29) is 5.41 Å². The molecular weight excluding hydrogens is 369 g/mol. The van der Waals surface area contributed by atoms with E-state index in [1.165, 1.54) is 3.57 Å². The molecule has 0 radical (unpaired) electrons. The first-order valence-corrected chi connectivity index (χ1v) is 8.20. The average Bonchev–Trinajstić information content (AvgIpc) is 2.78. The van der Waals surface area contributed by atoms with E-state index < -0.39 is 6.10 Å². The Kier molecular flexibility index (Phi) is 4.63. The van der Waals surface area contributed by atoms with Gasteiger partial charge in [-0.05, 0) is 40.3 Å². The molecule has 19 heavy (non-hydrogen) atoms. The van der Waals surface area contributed by atoms with Gasteiger partial charge in [-0.1, -0.05) is 32.9 Å². The van der Waals surface area contributed by atoms with Crippen LogP contribution in [0.2, 0.25) is 0 Å². The molecule has 102 valence electrons. The summed E-state index contributed by atoms with van der Waals surface area (Å²) in [6.07, 6.45) is 0.109. The first kappa shape index (κ1) is 14.9. The summed E-state index contributed by atoms with van der Waals surface area (Å²) in [4.78, 5) is 4.62. The topological polar surface area (TPSA) is 33.1 Å². The van der Waals surface area contributed by atoms with Gasteiger partial charge in [-0.3, -0.25) is 0 Å². The highest BCUT2D eigenvalue weighted by Gasteiger charge is 2.18. The van der Waals surface area contributed by atoms with Crippen molar-refractivity contribution in [3.05, 3.63) is 49.5 Å². The molecule has 0 aliphatic rings.